The molecule has 0 saturated carbocycles. The summed E-state index contributed by atoms with van der Waals surface area (Å²) in [5, 5.41) is 12.3. The average Bonchev–Trinajstić information content (AvgIpc) is 2.60. The number of hydrogen-bond acceptors (Lipinski definition) is 2. The molecule has 0 aliphatic heterocycles. The molecule has 1 aromatic heterocycles. The van der Waals surface area contributed by atoms with Crippen LogP contribution in [0.1, 0.15) is 26.0 Å². The second-order valence-electron chi connectivity index (χ2n) is 4.80. The lowest BCUT2D eigenvalue weighted by Crippen LogP contribution is -2.37. The fraction of sp³-hybridized carbons (Fsp3) is 0.667. The second-order valence-corrected chi connectivity index (χ2v) is 5.94. The SMILES string of the molecule is Cc1nn(CCCNC(=S)NCC(C)C)c(Cl)c1Cl. The lowest BCUT2D eigenvalue weighted by molar-refractivity contribution is 0.565. The summed E-state index contributed by atoms with van der Waals surface area (Å²) in [5.41, 5.74) is 0.758. The fourth-order valence-electron chi connectivity index (χ4n) is 1.47. The van der Waals surface area contributed by atoms with E-state index in [1.54, 1.807) is 4.68 Å². The molecule has 2 N–H and O–H groups in total. The summed E-state index contributed by atoms with van der Waals surface area (Å²) in [4.78, 5) is 0. The predicted octanol–water partition coefficient (Wildman–Crippen LogP) is 3.01. The summed E-state index contributed by atoms with van der Waals surface area (Å²) in [6.45, 7) is 8.49. The van der Waals surface area contributed by atoms with E-state index in [2.05, 4.69) is 29.6 Å². The molecule has 1 heterocycles. The van der Waals surface area contributed by atoms with E-state index in [1.165, 1.54) is 0 Å². The normalized spacial score (nSPS) is 10.8. The van der Waals surface area contributed by atoms with Crippen LogP contribution in [-0.4, -0.2) is 28.0 Å². The molecule has 0 fully saturated rings. The van der Waals surface area contributed by atoms with Crippen LogP contribution >= 0.6 is 35.4 Å². The summed E-state index contributed by atoms with van der Waals surface area (Å²) in [6.07, 6.45) is 0.876. The first-order valence-corrected chi connectivity index (χ1v) is 7.48. The van der Waals surface area contributed by atoms with Gasteiger partial charge in [-0.05, 0) is 31.5 Å². The van der Waals surface area contributed by atoms with Crippen LogP contribution in [0.15, 0.2) is 0 Å². The largest absolute Gasteiger partial charge is 0.363 e. The highest BCUT2D eigenvalue weighted by Crippen LogP contribution is 2.24. The predicted molar refractivity (Wildman–Crippen MR) is 85.0 cm³/mol. The standard InChI is InChI=1S/C12H20Cl2N4S/c1-8(2)7-16-12(19)15-5-4-6-18-11(14)10(13)9(3)17-18/h8H,4-7H2,1-3H3,(H2,15,16,19). The molecule has 19 heavy (non-hydrogen) atoms. The molecule has 0 saturated heterocycles. The van der Waals surface area contributed by atoms with Crippen LogP contribution in [0, 0.1) is 12.8 Å². The minimum Gasteiger partial charge on any atom is -0.363 e. The van der Waals surface area contributed by atoms with Crippen molar-refractivity contribution in [2.24, 2.45) is 5.92 Å². The van der Waals surface area contributed by atoms with Gasteiger partial charge in [0.05, 0.1) is 5.69 Å². The highest BCUT2D eigenvalue weighted by Gasteiger charge is 2.10. The molecule has 0 aliphatic carbocycles. The molecule has 0 unspecified atom stereocenters. The molecule has 0 aliphatic rings. The van der Waals surface area contributed by atoms with Gasteiger partial charge in [0.2, 0.25) is 0 Å². The number of thiocarbonyl (C=S) groups is 1. The van der Waals surface area contributed by atoms with Crippen molar-refractivity contribution in [2.45, 2.75) is 33.7 Å². The third-order valence-electron chi connectivity index (χ3n) is 2.50. The molecular weight excluding hydrogens is 303 g/mol. The Hall–Kier alpha value is -0.520. The van der Waals surface area contributed by atoms with E-state index in [0.717, 1.165) is 25.2 Å². The van der Waals surface area contributed by atoms with Crippen molar-refractivity contribution >= 4 is 40.5 Å². The third kappa shape index (κ3) is 5.55. The molecule has 4 nitrogen and oxygen atoms in total. The molecule has 0 aromatic carbocycles. The Morgan fingerprint density at radius 2 is 2.05 bits per heavy atom. The van der Waals surface area contributed by atoms with Crippen LogP contribution < -0.4 is 10.6 Å². The van der Waals surface area contributed by atoms with Gasteiger partial charge < -0.3 is 10.6 Å². The summed E-state index contributed by atoms with van der Waals surface area (Å²) in [7, 11) is 0. The minimum absolute atomic E-state index is 0.500. The summed E-state index contributed by atoms with van der Waals surface area (Å²) < 4.78 is 1.71. The molecule has 1 rings (SSSR count). The van der Waals surface area contributed by atoms with Gasteiger partial charge in [-0.25, -0.2) is 0 Å². The Bertz CT molecular complexity index is 432. The molecule has 0 bridgehead atoms. The van der Waals surface area contributed by atoms with Gasteiger partial charge in [0.1, 0.15) is 10.2 Å². The molecule has 0 spiro atoms. The lowest BCUT2D eigenvalue weighted by Gasteiger charge is -2.12. The van der Waals surface area contributed by atoms with Gasteiger partial charge in [-0.3, -0.25) is 4.68 Å². The van der Waals surface area contributed by atoms with Crippen molar-refractivity contribution in [3.05, 3.63) is 15.9 Å². The summed E-state index contributed by atoms with van der Waals surface area (Å²) in [5.74, 6) is 0.577. The number of hydrogen-bond donors (Lipinski definition) is 2. The first-order chi connectivity index (χ1) is 8.91. The Balaban J connectivity index is 2.24. The Morgan fingerprint density at radius 3 is 2.58 bits per heavy atom. The van der Waals surface area contributed by atoms with Crippen molar-refractivity contribution in [1.29, 1.82) is 0 Å². The van der Waals surface area contributed by atoms with E-state index < -0.39 is 0 Å². The molecule has 0 radical (unpaired) electrons. The van der Waals surface area contributed by atoms with Crippen molar-refractivity contribution < 1.29 is 0 Å². The van der Waals surface area contributed by atoms with Gasteiger partial charge in [-0.2, -0.15) is 5.10 Å². The van der Waals surface area contributed by atoms with Crippen molar-refractivity contribution in [2.75, 3.05) is 13.1 Å². The number of nitrogens with one attached hydrogen (secondary N) is 2. The highest BCUT2D eigenvalue weighted by molar-refractivity contribution is 7.80. The summed E-state index contributed by atoms with van der Waals surface area (Å²) in [6, 6.07) is 0. The molecule has 7 heteroatoms. The van der Waals surface area contributed by atoms with Crippen molar-refractivity contribution in [3.8, 4) is 0 Å². The van der Waals surface area contributed by atoms with Gasteiger partial charge in [-0.15, -0.1) is 0 Å². The van der Waals surface area contributed by atoms with E-state index in [-0.39, 0.29) is 0 Å². The average molecular weight is 323 g/mol. The van der Waals surface area contributed by atoms with Crippen LogP contribution in [0.25, 0.3) is 0 Å². The molecule has 1 aromatic rings. The lowest BCUT2D eigenvalue weighted by atomic mass is 10.2. The van der Waals surface area contributed by atoms with Crippen LogP contribution in [0.5, 0.6) is 0 Å². The Morgan fingerprint density at radius 1 is 1.37 bits per heavy atom. The number of rotatable bonds is 6. The Kier molecular flexibility index (Phi) is 6.89. The zero-order valence-corrected chi connectivity index (χ0v) is 13.8. The maximum Gasteiger partial charge on any atom is 0.166 e. The Labute approximate surface area is 129 Å². The van der Waals surface area contributed by atoms with Crippen LogP contribution in [0.2, 0.25) is 10.2 Å². The summed E-state index contributed by atoms with van der Waals surface area (Å²) >= 11 is 17.2. The maximum absolute atomic E-state index is 6.05. The first-order valence-electron chi connectivity index (χ1n) is 6.32. The molecule has 0 amide bonds. The monoisotopic (exact) mass is 322 g/mol. The van der Waals surface area contributed by atoms with Gasteiger partial charge in [-0.1, -0.05) is 37.0 Å². The zero-order chi connectivity index (χ0) is 14.4. The number of aryl methyl sites for hydroxylation is 2. The van der Waals surface area contributed by atoms with Gasteiger partial charge in [0.15, 0.2) is 5.11 Å². The molecular formula is C12H20Cl2N4S. The fourth-order valence-corrected chi connectivity index (χ4v) is 2.05. The maximum atomic E-state index is 6.05. The smallest absolute Gasteiger partial charge is 0.166 e. The van der Waals surface area contributed by atoms with Crippen LogP contribution in [-0.2, 0) is 6.54 Å². The van der Waals surface area contributed by atoms with E-state index in [4.69, 9.17) is 35.4 Å². The first kappa shape index (κ1) is 16.5. The van der Waals surface area contributed by atoms with Gasteiger partial charge in [0.25, 0.3) is 0 Å². The van der Waals surface area contributed by atoms with Gasteiger partial charge in [0, 0.05) is 19.6 Å². The van der Waals surface area contributed by atoms with Crippen molar-refractivity contribution in [3.63, 3.8) is 0 Å². The number of aromatic nitrogens is 2. The molecule has 108 valence electrons. The van der Waals surface area contributed by atoms with Crippen molar-refractivity contribution in [1.82, 2.24) is 20.4 Å². The van der Waals surface area contributed by atoms with E-state index in [1.807, 2.05) is 6.92 Å². The van der Waals surface area contributed by atoms with Gasteiger partial charge >= 0.3 is 0 Å². The third-order valence-corrected chi connectivity index (χ3v) is 3.72. The highest BCUT2D eigenvalue weighted by atomic mass is 35.5. The second kappa shape index (κ2) is 7.92. The van der Waals surface area contributed by atoms with E-state index in [0.29, 0.717) is 27.8 Å². The van der Waals surface area contributed by atoms with E-state index in [9.17, 15) is 0 Å². The van der Waals surface area contributed by atoms with Crippen LogP contribution in [0.4, 0.5) is 0 Å². The minimum atomic E-state index is 0.500. The topological polar surface area (TPSA) is 41.9 Å². The van der Waals surface area contributed by atoms with Crippen LogP contribution in [0.3, 0.4) is 0 Å². The number of halogens is 2. The molecule has 0 atom stereocenters. The van der Waals surface area contributed by atoms with E-state index >= 15 is 0 Å². The number of nitrogens with zero attached hydrogens (tertiary/aromatic N) is 2. The zero-order valence-electron chi connectivity index (χ0n) is 11.5. The quantitative estimate of drug-likeness (QED) is 0.624.